The second-order valence-electron chi connectivity index (χ2n) is 5.57. The van der Waals surface area contributed by atoms with Crippen LogP contribution in [0, 0.1) is 5.92 Å². The highest BCUT2D eigenvalue weighted by Gasteiger charge is 2.25. The molecule has 1 nitrogen and oxygen atoms in total. The number of para-hydroxylation sites is 1. The summed E-state index contributed by atoms with van der Waals surface area (Å²) >= 11 is 9.99. The van der Waals surface area contributed by atoms with Crippen molar-refractivity contribution in [2.45, 2.75) is 50.4 Å². The average Bonchev–Trinajstić information content (AvgIpc) is 2.46. The van der Waals surface area contributed by atoms with E-state index in [0.717, 1.165) is 16.3 Å². The normalized spacial score (nSPS) is 23.4. The smallest absolute Gasteiger partial charge is 0.0642 e. The van der Waals surface area contributed by atoms with Crippen molar-refractivity contribution in [1.82, 2.24) is 0 Å². The van der Waals surface area contributed by atoms with Gasteiger partial charge in [0, 0.05) is 18.4 Å². The highest BCUT2D eigenvalue weighted by Crippen LogP contribution is 2.36. The molecule has 1 fully saturated rings. The van der Waals surface area contributed by atoms with Gasteiger partial charge < -0.3 is 4.90 Å². The molecule has 3 heteroatoms. The Morgan fingerprint density at radius 3 is 2.53 bits per heavy atom. The van der Waals surface area contributed by atoms with Crippen LogP contribution >= 0.6 is 27.5 Å². The summed E-state index contributed by atoms with van der Waals surface area (Å²) < 4.78 is 0. The number of anilines is 1. The van der Waals surface area contributed by atoms with E-state index in [1.165, 1.54) is 43.4 Å². The zero-order valence-corrected chi connectivity index (χ0v) is 14.2. The van der Waals surface area contributed by atoms with Crippen LogP contribution in [0.25, 0.3) is 0 Å². The van der Waals surface area contributed by atoms with Crippen molar-refractivity contribution in [3.05, 3.63) is 28.8 Å². The van der Waals surface area contributed by atoms with Crippen molar-refractivity contribution < 1.29 is 0 Å². The van der Waals surface area contributed by atoms with E-state index in [2.05, 4.69) is 40.9 Å². The zero-order valence-electron chi connectivity index (χ0n) is 11.8. The SMILES string of the molecule is CCC1CCC(N(C)c2c(Cl)cccc2CBr)CC1. The van der Waals surface area contributed by atoms with Gasteiger partial charge in [-0.15, -0.1) is 0 Å². The fraction of sp³-hybridized carbons (Fsp3) is 0.625. The molecule has 0 atom stereocenters. The van der Waals surface area contributed by atoms with E-state index < -0.39 is 0 Å². The van der Waals surface area contributed by atoms with Crippen LogP contribution in [0.4, 0.5) is 5.69 Å². The molecular weight excluding hydrogens is 322 g/mol. The second kappa shape index (κ2) is 6.99. The van der Waals surface area contributed by atoms with Gasteiger partial charge in [0.25, 0.3) is 0 Å². The summed E-state index contributed by atoms with van der Waals surface area (Å²) in [6.07, 6.45) is 6.64. The number of benzene rings is 1. The lowest BCUT2D eigenvalue weighted by Gasteiger charge is -2.37. The number of alkyl halides is 1. The molecule has 1 aliphatic rings. The van der Waals surface area contributed by atoms with Gasteiger partial charge in [0.2, 0.25) is 0 Å². The number of rotatable bonds is 4. The van der Waals surface area contributed by atoms with Crippen LogP contribution in [0.15, 0.2) is 18.2 Å². The van der Waals surface area contributed by atoms with E-state index in [1.807, 2.05) is 12.1 Å². The largest absolute Gasteiger partial charge is 0.370 e. The molecule has 0 radical (unpaired) electrons. The number of halogens is 2. The summed E-state index contributed by atoms with van der Waals surface area (Å²) in [5, 5.41) is 1.73. The van der Waals surface area contributed by atoms with Crippen LogP contribution in [0.2, 0.25) is 5.02 Å². The first kappa shape index (κ1) is 15.2. The van der Waals surface area contributed by atoms with Crippen LogP contribution < -0.4 is 4.90 Å². The lowest BCUT2D eigenvalue weighted by molar-refractivity contribution is 0.313. The second-order valence-corrected chi connectivity index (χ2v) is 6.54. The lowest BCUT2D eigenvalue weighted by atomic mass is 9.84. The molecule has 106 valence electrons. The number of nitrogens with zero attached hydrogens (tertiary/aromatic N) is 1. The Hall–Kier alpha value is -0.210. The van der Waals surface area contributed by atoms with Gasteiger partial charge >= 0.3 is 0 Å². The molecule has 1 saturated carbocycles. The summed E-state index contributed by atoms with van der Waals surface area (Å²) in [6.45, 7) is 2.31. The van der Waals surface area contributed by atoms with Crippen molar-refractivity contribution in [3.8, 4) is 0 Å². The van der Waals surface area contributed by atoms with Gasteiger partial charge in [-0.25, -0.2) is 0 Å². The van der Waals surface area contributed by atoms with Crippen LogP contribution in [0.3, 0.4) is 0 Å². The van der Waals surface area contributed by atoms with E-state index in [4.69, 9.17) is 11.6 Å². The summed E-state index contributed by atoms with van der Waals surface area (Å²) in [4.78, 5) is 2.41. The van der Waals surface area contributed by atoms with Gasteiger partial charge in [-0.2, -0.15) is 0 Å². The van der Waals surface area contributed by atoms with Crippen molar-refractivity contribution in [3.63, 3.8) is 0 Å². The van der Waals surface area contributed by atoms with E-state index >= 15 is 0 Å². The Kier molecular flexibility index (Phi) is 5.58. The van der Waals surface area contributed by atoms with E-state index in [-0.39, 0.29) is 0 Å². The predicted molar refractivity (Wildman–Crippen MR) is 88.5 cm³/mol. The molecule has 2 rings (SSSR count). The first-order valence-corrected chi connectivity index (χ1v) is 8.73. The van der Waals surface area contributed by atoms with Crippen LogP contribution in [-0.2, 0) is 5.33 Å². The topological polar surface area (TPSA) is 3.24 Å². The molecule has 0 aliphatic heterocycles. The number of hydrogen-bond acceptors (Lipinski definition) is 1. The molecule has 0 aromatic heterocycles. The average molecular weight is 345 g/mol. The molecule has 0 unspecified atom stereocenters. The van der Waals surface area contributed by atoms with Gasteiger partial charge in [0.05, 0.1) is 10.7 Å². The molecule has 0 bridgehead atoms. The van der Waals surface area contributed by atoms with Crippen molar-refractivity contribution in [2.75, 3.05) is 11.9 Å². The highest BCUT2D eigenvalue weighted by molar-refractivity contribution is 9.08. The van der Waals surface area contributed by atoms with Crippen molar-refractivity contribution in [2.24, 2.45) is 5.92 Å². The molecular formula is C16H23BrClN. The summed E-state index contributed by atoms with van der Waals surface area (Å²) in [5.41, 5.74) is 2.49. The van der Waals surface area contributed by atoms with Gasteiger partial charge in [0.15, 0.2) is 0 Å². The molecule has 0 heterocycles. The maximum Gasteiger partial charge on any atom is 0.0642 e. The summed E-state index contributed by atoms with van der Waals surface area (Å²) in [5.74, 6) is 0.937. The van der Waals surface area contributed by atoms with Gasteiger partial charge in [-0.05, 0) is 43.2 Å². The first-order valence-electron chi connectivity index (χ1n) is 7.23. The van der Waals surface area contributed by atoms with E-state index in [9.17, 15) is 0 Å². The van der Waals surface area contributed by atoms with E-state index in [0.29, 0.717) is 6.04 Å². The van der Waals surface area contributed by atoms with E-state index in [1.54, 1.807) is 0 Å². The molecule has 1 aromatic rings. The molecule has 1 aliphatic carbocycles. The van der Waals surface area contributed by atoms with Gasteiger partial charge in [0.1, 0.15) is 0 Å². The first-order chi connectivity index (χ1) is 9.17. The molecule has 1 aromatic carbocycles. The third-order valence-corrected chi connectivity index (χ3v) is 5.42. The zero-order chi connectivity index (χ0) is 13.8. The Labute approximate surface area is 130 Å². The maximum absolute atomic E-state index is 6.42. The highest BCUT2D eigenvalue weighted by atomic mass is 79.9. The fourth-order valence-corrected chi connectivity index (χ4v) is 3.97. The lowest BCUT2D eigenvalue weighted by Crippen LogP contribution is -2.35. The van der Waals surface area contributed by atoms with Crippen LogP contribution in [-0.4, -0.2) is 13.1 Å². The Morgan fingerprint density at radius 1 is 1.26 bits per heavy atom. The minimum absolute atomic E-state index is 0.639. The van der Waals surface area contributed by atoms with Gasteiger partial charge in [-0.1, -0.05) is 53.0 Å². The predicted octanol–water partition coefficient (Wildman–Crippen LogP) is 5.64. The Balaban J connectivity index is 2.14. The Morgan fingerprint density at radius 2 is 1.95 bits per heavy atom. The minimum atomic E-state index is 0.639. The Bertz CT molecular complexity index is 413. The molecule has 19 heavy (non-hydrogen) atoms. The van der Waals surface area contributed by atoms with Crippen LogP contribution in [0.5, 0.6) is 0 Å². The molecule has 0 N–H and O–H groups in total. The van der Waals surface area contributed by atoms with Gasteiger partial charge in [-0.3, -0.25) is 0 Å². The minimum Gasteiger partial charge on any atom is -0.370 e. The molecule has 0 amide bonds. The number of hydrogen-bond donors (Lipinski definition) is 0. The maximum atomic E-state index is 6.42. The van der Waals surface area contributed by atoms with Crippen molar-refractivity contribution in [1.29, 1.82) is 0 Å². The van der Waals surface area contributed by atoms with Crippen LogP contribution in [0.1, 0.15) is 44.6 Å². The fourth-order valence-electron chi connectivity index (χ4n) is 3.19. The molecule has 0 saturated heterocycles. The quantitative estimate of drug-likeness (QED) is 0.639. The third kappa shape index (κ3) is 3.46. The van der Waals surface area contributed by atoms with Crippen molar-refractivity contribution >= 4 is 33.2 Å². The summed E-state index contributed by atoms with van der Waals surface area (Å²) in [6, 6.07) is 6.83. The monoisotopic (exact) mass is 343 g/mol. The summed E-state index contributed by atoms with van der Waals surface area (Å²) in [7, 11) is 2.20. The molecule has 0 spiro atoms. The third-order valence-electron chi connectivity index (χ3n) is 4.51. The standard InChI is InChI=1S/C16H23BrClN/c1-3-12-7-9-14(10-8-12)19(2)16-13(11-17)5-4-6-15(16)18/h4-6,12,14H,3,7-11H2,1-2H3.